The van der Waals surface area contributed by atoms with Gasteiger partial charge in [0.2, 0.25) is 0 Å². The highest BCUT2D eigenvalue weighted by molar-refractivity contribution is 5.25. The highest BCUT2D eigenvalue weighted by Gasteiger charge is 2.45. The Hall–Kier alpha value is -0.860. The third kappa shape index (κ3) is 2.08. The van der Waals surface area contributed by atoms with Crippen molar-refractivity contribution in [3.63, 3.8) is 0 Å². The summed E-state index contributed by atoms with van der Waals surface area (Å²) in [4.78, 5) is 0. The van der Waals surface area contributed by atoms with Gasteiger partial charge in [-0.1, -0.05) is 43.2 Å². The lowest BCUT2D eigenvalue weighted by atomic mass is 9.64. The largest absolute Gasteiger partial charge is 0.381 e. The van der Waals surface area contributed by atoms with Gasteiger partial charge in [-0.25, -0.2) is 0 Å². The second-order valence-electron chi connectivity index (χ2n) is 5.88. The average Bonchev–Trinajstić information content (AvgIpc) is 2.95. The molecule has 3 rings (SSSR count). The maximum Gasteiger partial charge on any atom is 0.0512 e. The van der Waals surface area contributed by atoms with Crippen LogP contribution in [0.1, 0.15) is 43.6 Å². The lowest BCUT2D eigenvalue weighted by molar-refractivity contribution is 0.126. The standard InChI is InChI=1S/C16H23NO/c17-16(14-9-11-18-12-14)10-5-4-8-15(16)13-6-2-1-3-7-13/h1-3,6-7,14-15H,4-5,8-12,17H2. The lowest BCUT2D eigenvalue weighted by Gasteiger charge is -2.45. The molecule has 1 saturated carbocycles. The fraction of sp³-hybridized carbons (Fsp3) is 0.625. The summed E-state index contributed by atoms with van der Waals surface area (Å²) in [6, 6.07) is 10.8. The van der Waals surface area contributed by atoms with E-state index in [1.54, 1.807) is 0 Å². The average molecular weight is 245 g/mol. The summed E-state index contributed by atoms with van der Waals surface area (Å²) in [7, 11) is 0. The zero-order valence-corrected chi connectivity index (χ0v) is 11.0. The van der Waals surface area contributed by atoms with Gasteiger partial charge in [0.1, 0.15) is 0 Å². The molecule has 1 saturated heterocycles. The van der Waals surface area contributed by atoms with Gasteiger partial charge in [-0.2, -0.15) is 0 Å². The molecule has 3 unspecified atom stereocenters. The predicted molar refractivity (Wildman–Crippen MR) is 73.5 cm³/mol. The van der Waals surface area contributed by atoms with Crippen LogP contribution in [-0.2, 0) is 4.74 Å². The van der Waals surface area contributed by atoms with Gasteiger partial charge in [-0.3, -0.25) is 0 Å². The maximum atomic E-state index is 6.86. The first kappa shape index (κ1) is 12.2. The summed E-state index contributed by atoms with van der Waals surface area (Å²) < 4.78 is 5.58. The monoisotopic (exact) mass is 245 g/mol. The Labute approximate surface area is 110 Å². The zero-order chi connectivity index (χ0) is 12.4. The molecule has 0 amide bonds. The van der Waals surface area contributed by atoms with E-state index in [0.29, 0.717) is 11.8 Å². The maximum absolute atomic E-state index is 6.86. The van der Waals surface area contributed by atoms with Gasteiger partial charge in [-0.05, 0) is 24.8 Å². The minimum absolute atomic E-state index is 0.0455. The highest BCUT2D eigenvalue weighted by atomic mass is 16.5. The Bertz CT molecular complexity index is 385. The lowest BCUT2D eigenvalue weighted by Crippen LogP contribution is -2.54. The van der Waals surface area contributed by atoms with Crippen molar-refractivity contribution in [1.82, 2.24) is 0 Å². The number of rotatable bonds is 2. The van der Waals surface area contributed by atoms with Gasteiger partial charge in [0, 0.05) is 24.0 Å². The molecule has 0 aromatic heterocycles. The van der Waals surface area contributed by atoms with E-state index in [1.165, 1.54) is 24.8 Å². The smallest absolute Gasteiger partial charge is 0.0512 e. The number of benzene rings is 1. The van der Waals surface area contributed by atoms with Crippen molar-refractivity contribution < 1.29 is 4.74 Å². The molecule has 2 heteroatoms. The van der Waals surface area contributed by atoms with Gasteiger partial charge >= 0.3 is 0 Å². The van der Waals surface area contributed by atoms with Gasteiger partial charge in [0.05, 0.1) is 6.61 Å². The molecular weight excluding hydrogens is 222 g/mol. The van der Waals surface area contributed by atoms with Crippen LogP contribution in [-0.4, -0.2) is 18.8 Å². The van der Waals surface area contributed by atoms with Gasteiger partial charge in [0.15, 0.2) is 0 Å². The summed E-state index contributed by atoms with van der Waals surface area (Å²) in [5.74, 6) is 1.06. The molecule has 18 heavy (non-hydrogen) atoms. The second kappa shape index (κ2) is 5.02. The van der Waals surface area contributed by atoms with Crippen molar-refractivity contribution in [2.75, 3.05) is 13.2 Å². The number of ether oxygens (including phenoxy) is 1. The van der Waals surface area contributed by atoms with Crippen LogP contribution in [0.4, 0.5) is 0 Å². The van der Waals surface area contributed by atoms with Crippen LogP contribution in [0.5, 0.6) is 0 Å². The quantitative estimate of drug-likeness (QED) is 0.869. The number of hydrogen-bond acceptors (Lipinski definition) is 2. The van der Waals surface area contributed by atoms with Gasteiger partial charge in [-0.15, -0.1) is 0 Å². The predicted octanol–water partition coefficient (Wildman–Crippen LogP) is 3.08. The summed E-state index contributed by atoms with van der Waals surface area (Å²) in [6.45, 7) is 1.75. The minimum Gasteiger partial charge on any atom is -0.381 e. The molecule has 98 valence electrons. The first-order chi connectivity index (χ1) is 8.81. The van der Waals surface area contributed by atoms with Crippen molar-refractivity contribution >= 4 is 0 Å². The molecule has 0 bridgehead atoms. The Morgan fingerprint density at radius 2 is 1.94 bits per heavy atom. The molecule has 1 heterocycles. The van der Waals surface area contributed by atoms with Crippen LogP contribution < -0.4 is 5.73 Å². The Kier molecular flexibility index (Phi) is 3.40. The van der Waals surface area contributed by atoms with E-state index in [2.05, 4.69) is 30.3 Å². The SMILES string of the molecule is NC1(C2CCOC2)CCCCC1c1ccccc1. The van der Waals surface area contributed by atoms with Crippen LogP contribution in [0.25, 0.3) is 0 Å². The molecule has 0 radical (unpaired) electrons. The van der Waals surface area contributed by atoms with Crippen molar-refractivity contribution in [3.8, 4) is 0 Å². The third-order valence-electron chi connectivity index (χ3n) is 4.89. The summed E-state index contributed by atoms with van der Waals surface area (Å²) in [6.07, 6.45) is 6.11. The van der Waals surface area contributed by atoms with E-state index in [0.717, 1.165) is 26.1 Å². The number of hydrogen-bond donors (Lipinski definition) is 1. The van der Waals surface area contributed by atoms with Crippen LogP contribution in [0.15, 0.2) is 30.3 Å². The third-order valence-corrected chi connectivity index (χ3v) is 4.89. The van der Waals surface area contributed by atoms with E-state index in [-0.39, 0.29) is 5.54 Å². The van der Waals surface area contributed by atoms with Crippen LogP contribution in [0, 0.1) is 5.92 Å². The zero-order valence-electron chi connectivity index (χ0n) is 11.0. The molecule has 2 fully saturated rings. The summed E-state index contributed by atoms with van der Waals surface area (Å²) in [5, 5.41) is 0. The van der Waals surface area contributed by atoms with Crippen LogP contribution >= 0.6 is 0 Å². The molecule has 3 atom stereocenters. The molecule has 2 nitrogen and oxygen atoms in total. The Morgan fingerprint density at radius 3 is 2.67 bits per heavy atom. The molecular formula is C16H23NO. The topological polar surface area (TPSA) is 35.2 Å². The summed E-state index contributed by atoms with van der Waals surface area (Å²) in [5.41, 5.74) is 8.24. The van der Waals surface area contributed by atoms with Crippen LogP contribution in [0.2, 0.25) is 0 Å². The molecule has 1 aromatic rings. The first-order valence-corrected chi connectivity index (χ1v) is 7.22. The Balaban J connectivity index is 1.89. The van der Waals surface area contributed by atoms with E-state index >= 15 is 0 Å². The van der Waals surface area contributed by atoms with Gasteiger partial charge in [0.25, 0.3) is 0 Å². The minimum atomic E-state index is -0.0455. The molecule has 1 aliphatic heterocycles. The molecule has 2 N–H and O–H groups in total. The van der Waals surface area contributed by atoms with E-state index < -0.39 is 0 Å². The number of nitrogens with two attached hydrogens (primary N) is 1. The van der Waals surface area contributed by atoms with Crippen molar-refractivity contribution in [2.24, 2.45) is 11.7 Å². The molecule has 1 aliphatic carbocycles. The first-order valence-electron chi connectivity index (χ1n) is 7.22. The van der Waals surface area contributed by atoms with Crippen molar-refractivity contribution in [3.05, 3.63) is 35.9 Å². The molecule has 2 aliphatic rings. The van der Waals surface area contributed by atoms with Crippen molar-refractivity contribution in [2.45, 2.75) is 43.6 Å². The fourth-order valence-corrected chi connectivity index (χ4v) is 3.83. The van der Waals surface area contributed by atoms with E-state index in [4.69, 9.17) is 10.5 Å². The fourth-order valence-electron chi connectivity index (χ4n) is 3.83. The highest BCUT2D eigenvalue weighted by Crippen LogP contribution is 2.45. The normalized spacial score (nSPS) is 36.7. The summed E-state index contributed by atoms with van der Waals surface area (Å²) >= 11 is 0. The molecule has 1 aromatic carbocycles. The second-order valence-corrected chi connectivity index (χ2v) is 5.88. The Morgan fingerprint density at radius 1 is 1.11 bits per heavy atom. The van der Waals surface area contributed by atoms with Gasteiger partial charge < -0.3 is 10.5 Å². The molecule has 0 spiro atoms. The van der Waals surface area contributed by atoms with Crippen LogP contribution in [0.3, 0.4) is 0 Å². The van der Waals surface area contributed by atoms with E-state index in [1.807, 2.05) is 0 Å². The van der Waals surface area contributed by atoms with E-state index in [9.17, 15) is 0 Å². The van der Waals surface area contributed by atoms with Crippen molar-refractivity contribution in [1.29, 1.82) is 0 Å².